The maximum Gasteiger partial charge on any atom is 0.248 e. The number of sulfonamides is 1. The molecule has 0 unspecified atom stereocenters. The van der Waals surface area contributed by atoms with Gasteiger partial charge in [0.05, 0.1) is 18.0 Å². The molecule has 0 aromatic heterocycles. The first-order valence-corrected chi connectivity index (χ1v) is 7.48. The second-order valence-electron chi connectivity index (χ2n) is 4.34. The predicted octanol–water partition coefficient (Wildman–Crippen LogP) is 0.124. The summed E-state index contributed by atoms with van der Waals surface area (Å²) in [5.41, 5.74) is 6.99. The van der Waals surface area contributed by atoms with E-state index in [4.69, 9.17) is 10.5 Å². The summed E-state index contributed by atoms with van der Waals surface area (Å²) in [4.78, 5) is 11.2. The molecule has 1 heterocycles. The first-order valence-electron chi connectivity index (χ1n) is 5.88. The van der Waals surface area contributed by atoms with E-state index in [-0.39, 0.29) is 12.4 Å². The van der Waals surface area contributed by atoms with Crippen molar-refractivity contribution in [1.82, 2.24) is 0 Å². The molecule has 1 amide bonds. The highest BCUT2D eigenvalue weighted by molar-refractivity contribution is 7.92. The van der Waals surface area contributed by atoms with Crippen LogP contribution in [0.3, 0.4) is 0 Å². The van der Waals surface area contributed by atoms with Gasteiger partial charge in [-0.3, -0.25) is 9.10 Å². The van der Waals surface area contributed by atoms with E-state index in [1.165, 1.54) is 17.5 Å². The smallest absolute Gasteiger partial charge is 0.248 e. The van der Waals surface area contributed by atoms with Crippen molar-refractivity contribution in [2.45, 2.75) is 6.42 Å². The van der Waals surface area contributed by atoms with Crippen LogP contribution in [0.1, 0.15) is 15.9 Å². The number of benzene rings is 1. The normalized spacial score (nSPS) is 14.5. The Bertz CT molecular complexity index is 598. The topological polar surface area (TPSA) is 89.7 Å². The van der Waals surface area contributed by atoms with Crippen LogP contribution in [0.25, 0.3) is 0 Å². The lowest BCUT2D eigenvalue weighted by Crippen LogP contribution is -2.32. The van der Waals surface area contributed by atoms with Gasteiger partial charge in [-0.2, -0.15) is 0 Å². The molecule has 2 rings (SSSR count). The van der Waals surface area contributed by atoms with Gasteiger partial charge in [0.1, 0.15) is 0 Å². The number of fused-ring (bicyclic) bond motifs is 1. The number of hydrogen-bond donors (Lipinski definition) is 1. The largest absolute Gasteiger partial charge is 0.384 e. The van der Waals surface area contributed by atoms with E-state index >= 15 is 0 Å². The molecule has 1 aliphatic heterocycles. The highest BCUT2D eigenvalue weighted by atomic mass is 32.2. The number of hydrogen-bond acceptors (Lipinski definition) is 4. The Hall–Kier alpha value is -1.60. The van der Waals surface area contributed by atoms with E-state index in [2.05, 4.69) is 0 Å². The van der Waals surface area contributed by atoms with E-state index < -0.39 is 15.9 Å². The molecular formula is C12H16N2O4S. The number of rotatable bonds is 5. The van der Waals surface area contributed by atoms with Gasteiger partial charge in [0.2, 0.25) is 15.9 Å². The van der Waals surface area contributed by atoms with Crippen molar-refractivity contribution in [2.75, 3.05) is 30.3 Å². The second-order valence-corrected chi connectivity index (χ2v) is 6.35. The van der Waals surface area contributed by atoms with Crippen LogP contribution in [-0.4, -0.2) is 40.3 Å². The van der Waals surface area contributed by atoms with Crippen LogP contribution in [0.5, 0.6) is 0 Å². The molecule has 0 atom stereocenters. The Morgan fingerprint density at radius 2 is 2.21 bits per heavy atom. The van der Waals surface area contributed by atoms with E-state index in [0.29, 0.717) is 24.2 Å². The number of amides is 1. The van der Waals surface area contributed by atoms with Gasteiger partial charge in [0.15, 0.2) is 0 Å². The molecule has 0 aliphatic carbocycles. The van der Waals surface area contributed by atoms with E-state index in [1.54, 1.807) is 12.1 Å². The minimum absolute atomic E-state index is 0.0796. The van der Waals surface area contributed by atoms with Crippen LogP contribution in [0.4, 0.5) is 5.69 Å². The lowest BCUT2D eigenvalue weighted by molar-refractivity contribution is 0.100. The lowest BCUT2D eigenvalue weighted by atomic mass is 10.1. The minimum atomic E-state index is -3.42. The molecule has 0 fully saturated rings. The maximum absolute atomic E-state index is 12.2. The third-order valence-electron chi connectivity index (χ3n) is 3.10. The van der Waals surface area contributed by atoms with Crippen molar-refractivity contribution in [3.63, 3.8) is 0 Å². The van der Waals surface area contributed by atoms with Gasteiger partial charge in [-0.15, -0.1) is 0 Å². The summed E-state index contributed by atoms with van der Waals surface area (Å²) in [7, 11) is -1.96. The van der Waals surface area contributed by atoms with Gasteiger partial charge in [-0.1, -0.05) is 6.07 Å². The quantitative estimate of drug-likeness (QED) is 0.832. The molecule has 1 aliphatic rings. The fourth-order valence-electron chi connectivity index (χ4n) is 2.09. The van der Waals surface area contributed by atoms with Gasteiger partial charge in [0.25, 0.3) is 0 Å². The zero-order chi connectivity index (χ0) is 14.0. The van der Waals surface area contributed by atoms with Crippen molar-refractivity contribution < 1.29 is 17.9 Å². The summed E-state index contributed by atoms with van der Waals surface area (Å²) < 4.78 is 30.5. The van der Waals surface area contributed by atoms with Gasteiger partial charge in [-0.05, 0) is 24.1 Å². The molecule has 1 aromatic carbocycles. The molecule has 0 saturated heterocycles. The second kappa shape index (κ2) is 5.18. The van der Waals surface area contributed by atoms with Crippen LogP contribution >= 0.6 is 0 Å². The molecule has 6 nitrogen and oxygen atoms in total. The third kappa shape index (κ3) is 2.71. The average molecular weight is 284 g/mol. The Kier molecular flexibility index (Phi) is 3.77. The van der Waals surface area contributed by atoms with E-state index in [0.717, 1.165) is 5.56 Å². The number of carbonyl (C=O) groups is 1. The predicted molar refractivity (Wildman–Crippen MR) is 71.7 cm³/mol. The van der Waals surface area contributed by atoms with E-state index in [1.807, 2.05) is 0 Å². The molecule has 7 heteroatoms. The van der Waals surface area contributed by atoms with Gasteiger partial charge < -0.3 is 10.5 Å². The number of methoxy groups -OCH3 is 1. The van der Waals surface area contributed by atoms with Gasteiger partial charge in [-0.25, -0.2) is 8.42 Å². The van der Waals surface area contributed by atoms with Crippen molar-refractivity contribution in [2.24, 2.45) is 5.73 Å². The Labute approximate surface area is 112 Å². The van der Waals surface area contributed by atoms with Crippen LogP contribution in [0, 0.1) is 0 Å². The lowest BCUT2D eigenvalue weighted by Gasteiger charge is -2.19. The summed E-state index contributed by atoms with van der Waals surface area (Å²) in [6.07, 6.45) is 0.639. The van der Waals surface area contributed by atoms with Crippen LogP contribution in [-0.2, 0) is 21.2 Å². The Morgan fingerprint density at radius 3 is 2.84 bits per heavy atom. The zero-order valence-electron chi connectivity index (χ0n) is 10.6. The van der Waals surface area contributed by atoms with Crippen LogP contribution in [0.2, 0.25) is 0 Å². The molecule has 0 saturated carbocycles. The SMILES string of the molecule is COCCS(=O)(=O)N1CCc2ccc(C(N)=O)cc21. The van der Waals surface area contributed by atoms with Crippen molar-refractivity contribution >= 4 is 21.6 Å². The fraction of sp³-hybridized carbons (Fsp3) is 0.417. The summed E-state index contributed by atoms with van der Waals surface area (Å²) in [6.45, 7) is 0.535. The number of anilines is 1. The molecular weight excluding hydrogens is 268 g/mol. The number of carbonyl (C=O) groups excluding carboxylic acids is 1. The summed E-state index contributed by atoms with van der Waals surface area (Å²) in [5, 5.41) is 0. The zero-order valence-corrected chi connectivity index (χ0v) is 11.4. The summed E-state index contributed by atoms with van der Waals surface area (Å²) >= 11 is 0. The monoisotopic (exact) mass is 284 g/mol. The first kappa shape index (κ1) is 13.8. The number of primary amides is 1. The molecule has 1 aromatic rings. The molecule has 104 valence electrons. The fourth-order valence-corrected chi connectivity index (χ4v) is 3.53. The molecule has 0 radical (unpaired) electrons. The molecule has 0 bridgehead atoms. The van der Waals surface area contributed by atoms with Crippen LogP contribution in [0.15, 0.2) is 18.2 Å². The number of nitrogens with zero attached hydrogens (tertiary/aromatic N) is 1. The Balaban J connectivity index is 2.35. The average Bonchev–Trinajstić information content (AvgIpc) is 2.79. The minimum Gasteiger partial charge on any atom is -0.384 e. The van der Waals surface area contributed by atoms with E-state index in [9.17, 15) is 13.2 Å². The van der Waals surface area contributed by atoms with Crippen molar-refractivity contribution in [3.8, 4) is 0 Å². The molecule has 0 spiro atoms. The Morgan fingerprint density at radius 1 is 1.47 bits per heavy atom. The first-order chi connectivity index (χ1) is 8.95. The summed E-state index contributed by atoms with van der Waals surface area (Å²) in [6, 6.07) is 4.91. The van der Waals surface area contributed by atoms with Gasteiger partial charge in [0, 0.05) is 19.2 Å². The van der Waals surface area contributed by atoms with Gasteiger partial charge >= 0.3 is 0 Å². The van der Waals surface area contributed by atoms with Crippen molar-refractivity contribution in [1.29, 1.82) is 0 Å². The van der Waals surface area contributed by atoms with Crippen molar-refractivity contribution in [3.05, 3.63) is 29.3 Å². The highest BCUT2D eigenvalue weighted by Crippen LogP contribution is 2.31. The summed E-state index contributed by atoms with van der Waals surface area (Å²) in [5.74, 6) is -0.645. The number of ether oxygens (including phenoxy) is 1. The molecule has 2 N–H and O–H groups in total. The maximum atomic E-state index is 12.2. The standard InChI is InChI=1S/C12H16N2O4S/c1-18-6-7-19(16,17)14-5-4-9-2-3-10(12(13)15)8-11(9)14/h2-3,8H,4-7H2,1H3,(H2,13,15). The third-order valence-corrected chi connectivity index (χ3v) is 4.84. The van der Waals surface area contributed by atoms with Crippen LogP contribution < -0.4 is 10.0 Å². The highest BCUT2D eigenvalue weighted by Gasteiger charge is 2.29. The molecule has 19 heavy (non-hydrogen) atoms. The number of nitrogens with two attached hydrogens (primary N) is 1.